The lowest BCUT2D eigenvalue weighted by molar-refractivity contribution is -0.384. The zero-order chi connectivity index (χ0) is 27.2. The number of aryl methyl sites for hydroxylation is 1. The molecule has 0 fully saturated rings. The van der Waals surface area contributed by atoms with Gasteiger partial charge in [-0.1, -0.05) is 12.1 Å². The Bertz CT molecular complexity index is 1670. The van der Waals surface area contributed by atoms with Crippen molar-refractivity contribution in [2.75, 3.05) is 19.8 Å². The van der Waals surface area contributed by atoms with E-state index in [4.69, 9.17) is 9.47 Å². The van der Waals surface area contributed by atoms with Gasteiger partial charge in [-0.15, -0.1) is 0 Å². The monoisotopic (exact) mass is 519 g/mol. The van der Waals surface area contributed by atoms with E-state index in [-0.39, 0.29) is 46.5 Å². The minimum Gasteiger partial charge on any atom is -0.462 e. The van der Waals surface area contributed by atoms with Crippen molar-refractivity contribution in [2.45, 2.75) is 26.8 Å². The molecule has 0 aliphatic rings. The molecule has 0 N–H and O–H groups in total. The number of nitrogens with zero attached hydrogens (tertiary/aromatic N) is 5. The number of esters is 1. The highest BCUT2D eigenvalue weighted by atomic mass is 16.6. The summed E-state index contributed by atoms with van der Waals surface area (Å²) in [4.78, 5) is 59.0. The quantitative estimate of drug-likeness (QED) is 0.108. The highest BCUT2D eigenvalue weighted by molar-refractivity contribution is 5.97. The van der Waals surface area contributed by atoms with E-state index in [1.54, 1.807) is 31.3 Å². The van der Waals surface area contributed by atoms with E-state index in [1.807, 2.05) is 6.92 Å². The molecule has 196 valence electrons. The summed E-state index contributed by atoms with van der Waals surface area (Å²) >= 11 is 0. The van der Waals surface area contributed by atoms with Crippen LogP contribution in [0.4, 0.5) is 5.69 Å². The third-order valence-electron chi connectivity index (χ3n) is 5.67. The Kier molecular flexibility index (Phi) is 8.02. The van der Waals surface area contributed by atoms with Gasteiger partial charge in [-0.2, -0.15) is 4.99 Å². The van der Waals surface area contributed by atoms with Gasteiger partial charge in [-0.25, -0.2) is 9.78 Å². The van der Waals surface area contributed by atoms with E-state index in [1.165, 1.54) is 33.2 Å². The van der Waals surface area contributed by atoms with Crippen molar-refractivity contribution in [3.63, 3.8) is 0 Å². The van der Waals surface area contributed by atoms with Gasteiger partial charge in [0.25, 0.3) is 17.2 Å². The largest absolute Gasteiger partial charge is 0.462 e. The lowest BCUT2D eigenvalue weighted by Gasteiger charge is -2.15. The first-order valence-electron chi connectivity index (χ1n) is 12.0. The maximum Gasteiger partial charge on any atom is 0.341 e. The summed E-state index contributed by atoms with van der Waals surface area (Å²) in [6.45, 7) is 4.62. The molecular formula is C26H25N5O7. The number of rotatable bonds is 9. The van der Waals surface area contributed by atoms with Gasteiger partial charge in [-0.3, -0.25) is 24.1 Å². The molecule has 3 aromatic heterocycles. The molecule has 0 saturated carbocycles. The number of hydrogen-bond acceptors (Lipinski definition) is 8. The molecule has 0 aliphatic heterocycles. The fraction of sp³-hybridized carbons (Fsp3) is 0.269. The van der Waals surface area contributed by atoms with E-state index in [0.717, 1.165) is 6.07 Å². The Labute approximate surface area is 215 Å². The smallest absolute Gasteiger partial charge is 0.341 e. The minimum absolute atomic E-state index is 0.0403. The molecule has 12 heteroatoms. The standard InChI is InChI=1S/C26H25N5O7/c1-3-37-14-8-13-30-22-19(25(33)29-12-6-5-11-21(29)27-22)16-20(26(34)38-4-2)23(30)28-24(32)17-9-7-10-18(15-17)31(35)36/h5-7,9-12,15-16H,3-4,8,13-14H2,1-2H3. The summed E-state index contributed by atoms with van der Waals surface area (Å²) in [5, 5.41) is 11.3. The zero-order valence-electron chi connectivity index (χ0n) is 20.8. The second-order valence-electron chi connectivity index (χ2n) is 8.11. The van der Waals surface area contributed by atoms with Crippen LogP contribution in [0.2, 0.25) is 0 Å². The number of nitro benzene ring substituents is 1. The second-order valence-corrected chi connectivity index (χ2v) is 8.11. The van der Waals surface area contributed by atoms with Gasteiger partial charge in [0.1, 0.15) is 16.9 Å². The van der Waals surface area contributed by atoms with Crippen LogP contribution >= 0.6 is 0 Å². The van der Waals surface area contributed by atoms with Crippen LogP contribution in [0, 0.1) is 10.1 Å². The zero-order valence-corrected chi connectivity index (χ0v) is 20.8. The topological polar surface area (TPSA) is 147 Å². The van der Waals surface area contributed by atoms with Crippen LogP contribution in [-0.2, 0) is 16.0 Å². The van der Waals surface area contributed by atoms with Crippen LogP contribution in [0.3, 0.4) is 0 Å². The molecule has 4 aromatic rings. The number of benzene rings is 1. The van der Waals surface area contributed by atoms with E-state index in [0.29, 0.717) is 25.3 Å². The first-order valence-corrected chi connectivity index (χ1v) is 12.0. The molecule has 0 unspecified atom stereocenters. The van der Waals surface area contributed by atoms with Crippen LogP contribution in [0.5, 0.6) is 0 Å². The molecule has 1 aromatic carbocycles. The first-order chi connectivity index (χ1) is 18.3. The summed E-state index contributed by atoms with van der Waals surface area (Å²) < 4.78 is 13.5. The average molecular weight is 520 g/mol. The Balaban J connectivity index is 2.04. The molecule has 0 aliphatic carbocycles. The van der Waals surface area contributed by atoms with Crippen LogP contribution in [0.25, 0.3) is 16.7 Å². The number of ether oxygens (including phenoxy) is 2. The molecule has 0 saturated heterocycles. The van der Waals surface area contributed by atoms with E-state index >= 15 is 0 Å². The first kappa shape index (κ1) is 26.4. The third kappa shape index (κ3) is 5.34. The molecule has 0 radical (unpaired) electrons. The third-order valence-corrected chi connectivity index (χ3v) is 5.67. The molecule has 0 spiro atoms. The predicted molar refractivity (Wildman–Crippen MR) is 137 cm³/mol. The molecule has 0 atom stereocenters. The highest BCUT2D eigenvalue weighted by Gasteiger charge is 2.21. The number of amides is 1. The van der Waals surface area contributed by atoms with Gasteiger partial charge in [0.2, 0.25) is 0 Å². The number of hydrogen-bond donors (Lipinski definition) is 0. The maximum atomic E-state index is 13.4. The van der Waals surface area contributed by atoms with Crippen molar-refractivity contribution in [1.82, 2.24) is 14.0 Å². The van der Waals surface area contributed by atoms with Crippen molar-refractivity contribution >= 4 is 34.2 Å². The molecule has 4 rings (SSSR count). The fourth-order valence-electron chi connectivity index (χ4n) is 3.95. The van der Waals surface area contributed by atoms with E-state index < -0.39 is 22.4 Å². The van der Waals surface area contributed by atoms with Crippen molar-refractivity contribution in [3.8, 4) is 0 Å². The SMILES string of the molecule is CCOCCCn1c(=NC(=O)c2cccc([N+](=O)[O-])c2)c(C(=O)OCC)cc2c(=O)n3ccccc3nc21. The lowest BCUT2D eigenvalue weighted by atomic mass is 10.2. The summed E-state index contributed by atoms with van der Waals surface area (Å²) in [6.07, 6.45) is 2.03. The Morgan fingerprint density at radius 1 is 1.11 bits per heavy atom. The molecule has 1 amide bonds. The lowest BCUT2D eigenvalue weighted by Crippen LogP contribution is -2.33. The van der Waals surface area contributed by atoms with Gasteiger partial charge < -0.3 is 14.0 Å². The molecular weight excluding hydrogens is 494 g/mol. The number of fused-ring (bicyclic) bond motifs is 2. The predicted octanol–water partition coefficient (Wildman–Crippen LogP) is 2.90. The normalized spacial score (nSPS) is 11.7. The summed E-state index contributed by atoms with van der Waals surface area (Å²) in [5.41, 5.74) is -0.325. The van der Waals surface area contributed by atoms with Gasteiger partial charge >= 0.3 is 5.97 Å². The number of nitro groups is 1. The number of non-ortho nitro benzene ring substituents is 1. The summed E-state index contributed by atoms with van der Waals surface area (Å²) in [7, 11) is 0. The van der Waals surface area contributed by atoms with Gasteiger partial charge in [-0.05, 0) is 44.5 Å². The van der Waals surface area contributed by atoms with Gasteiger partial charge in [0.15, 0.2) is 5.49 Å². The van der Waals surface area contributed by atoms with Crippen molar-refractivity contribution in [1.29, 1.82) is 0 Å². The van der Waals surface area contributed by atoms with Crippen LogP contribution in [-0.4, -0.2) is 50.6 Å². The molecule has 0 bridgehead atoms. The number of carbonyl (C=O) groups is 2. The minimum atomic E-state index is -0.810. The number of pyridine rings is 2. The maximum absolute atomic E-state index is 13.4. The van der Waals surface area contributed by atoms with Crippen molar-refractivity contribution < 1.29 is 24.0 Å². The van der Waals surface area contributed by atoms with E-state index in [9.17, 15) is 24.5 Å². The van der Waals surface area contributed by atoms with Gasteiger partial charge in [0.05, 0.1) is 16.9 Å². The van der Waals surface area contributed by atoms with Crippen LogP contribution in [0.1, 0.15) is 41.0 Å². The molecule has 12 nitrogen and oxygen atoms in total. The van der Waals surface area contributed by atoms with Crippen LogP contribution in [0.15, 0.2) is 64.5 Å². The number of aromatic nitrogens is 3. The van der Waals surface area contributed by atoms with Crippen molar-refractivity contribution in [3.05, 3.63) is 91.8 Å². The van der Waals surface area contributed by atoms with Gasteiger partial charge in [0, 0.05) is 43.7 Å². The fourth-order valence-corrected chi connectivity index (χ4v) is 3.95. The highest BCUT2D eigenvalue weighted by Crippen LogP contribution is 2.15. The Morgan fingerprint density at radius 2 is 1.92 bits per heavy atom. The molecule has 3 heterocycles. The summed E-state index contributed by atoms with van der Waals surface area (Å²) in [6, 6.07) is 11.5. The second kappa shape index (κ2) is 11.6. The Morgan fingerprint density at radius 3 is 2.66 bits per heavy atom. The summed E-state index contributed by atoms with van der Waals surface area (Å²) in [5.74, 6) is -1.59. The van der Waals surface area contributed by atoms with Crippen LogP contribution < -0.4 is 11.0 Å². The average Bonchev–Trinajstić information content (AvgIpc) is 2.92. The number of carbonyl (C=O) groups excluding carboxylic acids is 2. The molecule has 38 heavy (non-hydrogen) atoms. The Hall–Kier alpha value is -4.71. The van der Waals surface area contributed by atoms with E-state index in [2.05, 4.69) is 9.98 Å². The van der Waals surface area contributed by atoms with Crippen molar-refractivity contribution in [2.24, 2.45) is 4.99 Å².